The molecular weight excluding hydrogens is 333 g/mol. The number of para-hydroxylation sites is 1. The molecule has 122 valence electrons. The van der Waals surface area contributed by atoms with Gasteiger partial charge < -0.3 is 5.32 Å². The summed E-state index contributed by atoms with van der Waals surface area (Å²) in [5.41, 5.74) is 0.608. The van der Waals surface area contributed by atoms with E-state index >= 15 is 0 Å². The average molecular weight is 346 g/mol. The van der Waals surface area contributed by atoms with Crippen LogP contribution < -0.4 is 10.9 Å². The molecule has 1 atom stereocenters. The van der Waals surface area contributed by atoms with Gasteiger partial charge in [0, 0.05) is 5.69 Å². The SMILES string of the molecule is C[C@@H](C(=O)Nc1ccc(F)c(Cl)c1)n1cnc2ccccc2c1=O. The number of carbonyl (C=O) groups is 1. The van der Waals surface area contributed by atoms with Gasteiger partial charge in [0.25, 0.3) is 5.56 Å². The van der Waals surface area contributed by atoms with Gasteiger partial charge in [-0.2, -0.15) is 0 Å². The Balaban J connectivity index is 1.89. The monoisotopic (exact) mass is 345 g/mol. The number of rotatable bonds is 3. The highest BCUT2D eigenvalue weighted by molar-refractivity contribution is 6.31. The highest BCUT2D eigenvalue weighted by atomic mass is 35.5. The number of halogens is 2. The van der Waals surface area contributed by atoms with Gasteiger partial charge in [-0.25, -0.2) is 9.37 Å². The number of fused-ring (bicyclic) bond motifs is 1. The lowest BCUT2D eigenvalue weighted by molar-refractivity contribution is -0.118. The zero-order valence-electron chi connectivity index (χ0n) is 12.7. The van der Waals surface area contributed by atoms with E-state index in [4.69, 9.17) is 11.6 Å². The molecule has 2 aromatic carbocycles. The van der Waals surface area contributed by atoms with Gasteiger partial charge in [0.1, 0.15) is 11.9 Å². The van der Waals surface area contributed by atoms with E-state index in [0.29, 0.717) is 16.6 Å². The van der Waals surface area contributed by atoms with E-state index in [2.05, 4.69) is 10.3 Å². The molecule has 1 heterocycles. The first-order valence-electron chi connectivity index (χ1n) is 7.19. The second-order valence-corrected chi connectivity index (χ2v) is 5.68. The number of hydrogen-bond donors (Lipinski definition) is 1. The van der Waals surface area contributed by atoms with Crippen molar-refractivity contribution in [1.29, 1.82) is 0 Å². The summed E-state index contributed by atoms with van der Waals surface area (Å²) < 4.78 is 14.4. The molecule has 1 amide bonds. The summed E-state index contributed by atoms with van der Waals surface area (Å²) in [6.07, 6.45) is 1.34. The Kier molecular flexibility index (Phi) is 4.31. The zero-order chi connectivity index (χ0) is 17.3. The van der Waals surface area contributed by atoms with E-state index in [0.717, 1.165) is 6.07 Å². The van der Waals surface area contributed by atoms with Crippen molar-refractivity contribution in [2.75, 3.05) is 5.32 Å². The molecule has 7 heteroatoms. The molecule has 0 unspecified atom stereocenters. The van der Waals surface area contributed by atoms with E-state index < -0.39 is 17.8 Å². The number of aromatic nitrogens is 2. The maximum atomic E-state index is 13.2. The molecule has 0 spiro atoms. The van der Waals surface area contributed by atoms with Crippen LogP contribution >= 0.6 is 11.6 Å². The van der Waals surface area contributed by atoms with Crippen LogP contribution in [0.2, 0.25) is 5.02 Å². The van der Waals surface area contributed by atoms with Gasteiger partial charge in [0.05, 0.1) is 22.3 Å². The van der Waals surface area contributed by atoms with Crippen LogP contribution in [0.25, 0.3) is 10.9 Å². The van der Waals surface area contributed by atoms with Crippen molar-refractivity contribution < 1.29 is 9.18 Å². The lowest BCUT2D eigenvalue weighted by Crippen LogP contribution is -2.31. The molecule has 0 bridgehead atoms. The molecule has 0 fully saturated rings. The Morgan fingerprint density at radius 3 is 2.79 bits per heavy atom. The molecule has 5 nitrogen and oxygen atoms in total. The van der Waals surface area contributed by atoms with E-state index in [-0.39, 0.29) is 10.6 Å². The summed E-state index contributed by atoms with van der Waals surface area (Å²) in [5.74, 6) is -1.01. The van der Waals surface area contributed by atoms with Crippen LogP contribution in [-0.4, -0.2) is 15.5 Å². The van der Waals surface area contributed by atoms with E-state index in [1.807, 2.05) is 0 Å². The summed E-state index contributed by atoms with van der Waals surface area (Å²) in [6.45, 7) is 1.58. The molecule has 0 aliphatic carbocycles. The van der Waals surface area contributed by atoms with Crippen molar-refractivity contribution >= 4 is 34.1 Å². The van der Waals surface area contributed by atoms with Crippen LogP contribution in [-0.2, 0) is 4.79 Å². The van der Waals surface area contributed by atoms with Gasteiger partial charge in [-0.05, 0) is 37.3 Å². The number of nitrogens with one attached hydrogen (secondary N) is 1. The van der Waals surface area contributed by atoms with E-state index in [1.54, 1.807) is 31.2 Å². The van der Waals surface area contributed by atoms with Gasteiger partial charge >= 0.3 is 0 Å². The van der Waals surface area contributed by atoms with Gasteiger partial charge in [-0.15, -0.1) is 0 Å². The largest absolute Gasteiger partial charge is 0.324 e. The number of hydrogen-bond acceptors (Lipinski definition) is 3. The first-order valence-corrected chi connectivity index (χ1v) is 7.57. The van der Waals surface area contributed by atoms with Crippen LogP contribution in [0.4, 0.5) is 10.1 Å². The molecule has 0 saturated heterocycles. The van der Waals surface area contributed by atoms with Gasteiger partial charge in [0.15, 0.2) is 0 Å². The molecule has 1 aromatic heterocycles. The maximum Gasteiger partial charge on any atom is 0.261 e. The number of amides is 1. The van der Waals surface area contributed by atoms with E-state index in [1.165, 1.54) is 23.0 Å². The van der Waals surface area contributed by atoms with Gasteiger partial charge in [-0.3, -0.25) is 14.2 Å². The van der Waals surface area contributed by atoms with Gasteiger partial charge in [-0.1, -0.05) is 23.7 Å². The third-order valence-electron chi connectivity index (χ3n) is 3.67. The molecule has 3 rings (SSSR count). The zero-order valence-corrected chi connectivity index (χ0v) is 13.4. The first kappa shape index (κ1) is 16.1. The first-order chi connectivity index (χ1) is 11.5. The minimum absolute atomic E-state index is 0.0926. The molecule has 24 heavy (non-hydrogen) atoms. The summed E-state index contributed by atoms with van der Waals surface area (Å²) in [5, 5.41) is 2.95. The van der Waals surface area contributed by atoms with Crippen molar-refractivity contribution in [1.82, 2.24) is 9.55 Å². The third-order valence-corrected chi connectivity index (χ3v) is 3.96. The molecule has 0 aliphatic heterocycles. The fourth-order valence-corrected chi connectivity index (χ4v) is 2.49. The predicted octanol–water partition coefficient (Wildman–Crippen LogP) is 3.39. The Labute approximate surface area is 141 Å². The van der Waals surface area contributed by atoms with Crippen molar-refractivity contribution in [3.63, 3.8) is 0 Å². The Hall–Kier alpha value is -2.73. The maximum absolute atomic E-state index is 13.2. The molecule has 0 radical (unpaired) electrons. The topological polar surface area (TPSA) is 64.0 Å². The highest BCUT2D eigenvalue weighted by Gasteiger charge is 2.18. The Morgan fingerprint density at radius 2 is 2.04 bits per heavy atom. The predicted molar refractivity (Wildman–Crippen MR) is 90.8 cm³/mol. The lowest BCUT2D eigenvalue weighted by atomic mass is 10.2. The third kappa shape index (κ3) is 3.00. The second-order valence-electron chi connectivity index (χ2n) is 5.27. The molecule has 0 aliphatic rings. The Morgan fingerprint density at radius 1 is 1.29 bits per heavy atom. The number of benzene rings is 2. The van der Waals surface area contributed by atoms with Gasteiger partial charge in [0.2, 0.25) is 5.91 Å². The number of nitrogens with zero attached hydrogens (tertiary/aromatic N) is 2. The number of carbonyl (C=O) groups excluding carboxylic acids is 1. The molecule has 1 N–H and O–H groups in total. The van der Waals surface area contributed by atoms with Crippen LogP contribution in [0.15, 0.2) is 53.6 Å². The minimum Gasteiger partial charge on any atom is -0.324 e. The Bertz CT molecular complexity index is 987. The standard InChI is InChI=1S/C17H13ClFN3O2/c1-10(16(23)21-11-6-7-14(19)13(18)8-11)22-9-20-15-5-3-2-4-12(15)17(22)24/h2-10H,1H3,(H,21,23)/t10-/m0/s1. The second kappa shape index (κ2) is 6.41. The molecule has 0 saturated carbocycles. The normalized spacial score (nSPS) is 12.1. The van der Waals surface area contributed by atoms with Crippen LogP contribution in [0, 0.1) is 5.82 Å². The van der Waals surface area contributed by atoms with Crippen LogP contribution in [0.3, 0.4) is 0 Å². The van der Waals surface area contributed by atoms with Crippen LogP contribution in [0.1, 0.15) is 13.0 Å². The smallest absolute Gasteiger partial charge is 0.261 e. The molecule has 3 aromatic rings. The number of anilines is 1. The average Bonchev–Trinajstić information content (AvgIpc) is 2.58. The van der Waals surface area contributed by atoms with Crippen molar-refractivity contribution in [2.24, 2.45) is 0 Å². The van der Waals surface area contributed by atoms with Crippen molar-refractivity contribution in [3.05, 3.63) is 70.0 Å². The van der Waals surface area contributed by atoms with E-state index in [9.17, 15) is 14.0 Å². The lowest BCUT2D eigenvalue weighted by Gasteiger charge is -2.15. The summed E-state index contributed by atoms with van der Waals surface area (Å²) >= 11 is 5.69. The van der Waals surface area contributed by atoms with Crippen molar-refractivity contribution in [3.8, 4) is 0 Å². The minimum atomic E-state index is -0.793. The summed E-state index contributed by atoms with van der Waals surface area (Å²) in [7, 11) is 0. The fourth-order valence-electron chi connectivity index (χ4n) is 2.31. The fraction of sp³-hybridized carbons (Fsp3) is 0.118. The molecular formula is C17H13ClFN3O2. The van der Waals surface area contributed by atoms with Crippen molar-refractivity contribution in [2.45, 2.75) is 13.0 Å². The summed E-state index contributed by atoms with van der Waals surface area (Å²) in [6, 6.07) is 9.98. The summed E-state index contributed by atoms with van der Waals surface area (Å²) in [4.78, 5) is 29.1. The highest BCUT2D eigenvalue weighted by Crippen LogP contribution is 2.20. The van der Waals surface area contributed by atoms with Crippen LogP contribution in [0.5, 0.6) is 0 Å². The quantitative estimate of drug-likeness (QED) is 0.791.